The maximum atomic E-state index is 13.1. The minimum Gasteiger partial charge on any atom is -0.335 e. The lowest BCUT2D eigenvalue weighted by atomic mass is 10.1. The van der Waals surface area contributed by atoms with E-state index in [1.807, 2.05) is 31.2 Å². The molecule has 0 saturated carbocycles. The molecule has 164 valence electrons. The molecule has 0 aliphatic heterocycles. The molecule has 0 aliphatic carbocycles. The number of amides is 1. The number of hydrogen-bond donors (Lipinski definition) is 1. The minimum atomic E-state index is -3.68. The van der Waals surface area contributed by atoms with Crippen molar-refractivity contribution in [2.75, 3.05) is 11.8 Å². The standard InChI is InChI=1S/C22H21N5O3S2/c1-16(17-8-10-20(11-9-17)27-15-23-14-24-27)26(2)22(28)18-5-3-6-19(13-18)25-32(29,30)21-7-4-12-31-21/h3-16,25H,1-2H3. The normalized spacial score (nSPS) is 12.3. The Bertz CT molecular complexity index is 1300. The third kappa shape index (κ3) is 4.56. The first-order valence-electron chi connectivity index (χ1n) is 9.74. The van der Waals surface area contributed by atoms with Crippen LogP contribution in [0.25, 0.3) is 5.69 Å². The Kier molecular flexibility index (Phi) is 6.06. The number of aromatic nitrogens is 3. The summed E-state index contributed by atoms with van der Waals surface area (Å²) in [6.07, 6.45) is 3.09. The van der Waals surface area contributed by atoms with E-state index in [1.54, 1.807) is 58.7 Å². The summed E-state index contributed by atoms with van der Waals surface area (Å²) >= 11 is 1.13. The van der Waals surface area contributed by atoms with Crippen molar-refractivity contribution < 1.29 is 13.2 Å². The Hall–Kier alpha value is -3.50. The van der Waals surface area contributed by atoms with Crippen LogP contribution < -0.4 is 4.72 Å². The van der Waals surface area contributed by atoms with Gasteiger partial charge in [-0.15, -0.1) is 11.3 Å². The monoisotopic (exact) mass is 467 g/mol. The van der Waals surface area contributed by atoms with Gasteiger partial charge in [-0.2, -0.15) is 5.10 Å². The summed E-state index contributed by atoms with van der Waals surface area (Å²) in [5.41, 5.74) is 2.56. The Morgan fingerprint density at radius 1 is 1.12 bits per heavy atom. The third-order valence-corrected chi connectivity index (χ3v) is 7.86. The number of nitrogens with zero attached hydrogens (tertiary/aromatic N) is 4. The zero-order valence-corrected chi connectivity index (χ0v) is 19.0. The van der Waals surface area contributed by atoms with Crippen LogP contribution >= 0.6 is 11.3 Å². The first-order valence-corrected chi connectivity index (χ1v) is 12.1. The Balaban J connectivity index is 1.49. The second-order valence-electron chi connectivity index (χ2n) is 7.14. The Labute approximate surface area is 190 Å². The van der Waals surface area contributed by atoms with Crippen LogP contribution in [0.2, 0.25) is 0 Å². The molecule has 0 aliphatic rings. The van der Waals surface area contributed by atoms with Crippen molar-refractivity contribution in [3.05, 3.63) is 89.8 Å². The minimum absolute atomic E-state index is 0.196. The summed E-state index contributed by atoms with van der Waals surface area (Å²) in [6.45, 7) is 1.94. The summed E-state index contributed by atoms with van der Waals surface area (Å²) in [7, 11) is -1.96. The van der Waals surface area contributed by atoms with Crippen molar-refractivity contribution in [1.29, 1.82) is 0 Å². The molecule has 2 heterocycles. The molecule has 8 nitrogen and oxygen atoms in total. The summed E-state index contributed by atoms with van der Waals surface area (Å²) in [5, 5.41) is 5.80. The molecule has 0 radical (unpaired) electrons. The van der Waals surface area contributed by atoms with Crippen molar-refractivity contribution >= 4 is 33.0 Å². The quantitative estimate of drug-likeness (QED) is 0.444. The van der Waals surface area contributed by atoms with Crippen molar-refractivity contribution in [1.82, 2.24) is 19.7 Å². The fourth-order valence-corrected chi connectivity index (χ4v) is 5.23. The van der Waals surface area contributed by atoms with Crippen LogP contribution in [-0.2, 0) is 10.0 Å². The van der Waals surface area contributed by atoms with E-state index in [1.165, 1.54) is 12.4 Å². The molecule has 4 rings (SSSR count). The number of nitrogens with one attached hydrogen (secondary N) is 1. The lowest BCUT2D eigenvalue weighted by Gasteiger charge is -2.26. The topological polar surface area (TPSA) is 97.2 Å². The second-order valence-corrected chi connectivity index (χ2v) is 10.00. The highest BCUT2D eigenvalue weighted by molar-refractivity contribution is 7.94. The van der Waals surface area contributed by atoms with Gasteiger partial charge in [0, 0.05) is 18.3 Å². The third-order valence-electron chi connectivity index (χ3n) is 5.08. The second kappa shape index (κ2) is 8.93. The number of sulfonamides is 1. The molecule has 1 atom stereocenters. The van der Waals surface area contributed by atoms with Crippen molar-refractivity contribution in [2.45, 2.75) is 17.2 Å². The predicted molar refractivity (Wildman–Crippen MR) is 123 cm³/mol. The highest BCUT2D eigenvalue weighted by Crippen LogP contribution is 2.24. The van der Waals surface area contributed by atoms with Gasteiger partial charge in [-0.1, -0.05) is 24.3 Å². The molecule has 10 heteroatoms. The van der Waals surface area contributed by atoms with E-state index in [-0.39, 0.29) is 16.2 Å². The molecular formula is C22H21N5O3S2. The first-order chi connectivity index (χ1) is 15.3. The number of benzene rings is 2. The molecule has 0 bridgehead atoms. The van der Waals surface area contributed by atoms with Gasteiger partial charge < -0.3 is 4.90 Å². The van der Waals surface area contributed by atoms with E-state index >= 15 is 0 Å². The van der Waals surface area contributed by atoms with E-state index in [4.69, 9.17) is 0 Å². The fraction of sp³-hybridized carbons (Fsp3) is 0.136. The average Bonchev–Trinajstić information content (AvgIpc) is 3.52. The van der Waals surface area contributed by atoms with Crippen LogP contribution in [-0.4, -0.2) is 41.0 Å². The van der Waals surface area contributed by atoms with E-state index in [9.17, 15) is 13.2 Å². The van der Waals surface area contributed by atoms with Crippen LogP contribution in [0, 0.1) is 0 Å². The van der Waals surface area contributed by atoms with Crippen LogP contribution in [0.15, 0.2) is 82.9 Å². The van der Waals surface area contributed by atoms with Crippen LogP contribution in [0.3, 0.4) is 0 Å². The number of thiophene rings is 1. The lowest BCUT2D eigenvalue weighted by Crippen LogP contribution is -2.29. The molecule has 1 unspecified atom stereocenters. The van der Waals surface area contributed by atoms with Crippen molar-refractivity contribution in [3.63, 3.8) is 0 Å². The Morgan fingerprint density at radius 2 is 1.91 bits per heavy atom. The summed E-state index contributed by atoms with van der Waals surface area (Å²) < 4.78 is 29.4. The van der Waals surface area contributed by atoms with E-state index in [0.717, 1.165) is 22.6 Å². The first kappa shape index (κ1) is 21.7. The average molecular weight is 468 g/mol. The number of carbonyl (C=O) groups excluding carboxylic acids is 1. The lowest BCUT2D eigenvalue weighted by molar-refractivity contribution is 0.0742. The van der Waals surface area contributed by atoms with Gasteiger partial charge in [-0.3, -0.25) is 9.52 Å². The zero-order valence-electron chi connectivity index (χ0n) is 17.4. The molecule has 1 amide bonds. The molecule has 0 spiro atoms. The van der Waals surface area contributed by atoms with Gasteiger partial charge in [0.1, 0.15) is 16.9 Å². The molecular weight excluding hydrogens is 446 g/mol. The molecule has 1 N–H and O–H groups in total. The number of carbonyl (C=O) groups is 1. The van der Waals surface area contributed by atoms with E-state index in [0.29, 0.717) is 11.3 Å². The van der Waals surface area contributed by atoms with Crippen LogP contribution in [0.4, 0.5) is 5.69 Å². The summed E-state index contributed by atoms with van der Waals surface area (Å²) in [6, 6.07) is 17.2. The van der Waals surface area contributed by atoms with Gasteiger partial charge >= 0.3 is 0 Å². The van der Waals surface area contributed by atoms with Crippen molar-refractivity contribution in [2.24, 2.45) is 0 Å². The van der Waals surface area contributed by atoms with Gasteiger partial charge in [-0.25, -0.2) is 18.1 Å². The van der Waals surface area contributed by atoms with Gasteiger partial charge in [-0.05, 0) is 54.3 Å². The molecule has 2 aromatic heterocycles. The highest BCUT2D eigenvalue weighted by atomic mass is 32.2. The highest BCUT2D eigenvalue weighted by Gasteiger charge is 2.21. The van der Waals surface area contributed by atoms with Crippen molar-refractivity contribution in [3.8, 4) is 5.69 Å². The van der Waals surface area contributed by atoms with Gasteiger partial charge in [0.2, 0.25) is 0 Å². The number of hydrogen-bond acceptors (Lipinski definition) is 6. The van der Waals surface area contributed by atoms with Gasteiger partial charge in [0.15, 0.2) is 0 Å². The maximum absolute atomic E-state index is 13.1. The SMILES string of the molecule is CC(c1ccc(-n2cncn2)cc1)N(C)C(=O)c1cccc(NS(=O)(=O)c2cccs2)c1. The zero-order chi connectivity index (χ0) is 22.7. The molecule has 0 fully saturated rings. The van der Waals surface area contributed by atoms with Crippen LogP contribution in [0.5, 0.6) is 0 Å². The maximum Gasteiger partial charge on any atom is 0.271 e. The molecule has 0 saturated heterocycles. The predicted octanol–water partition coefficient (Wildman–Crippen LogP) is 3.96. The van der Waals surface area contributed by atoms with Gasteiger partial charge in [0.05, 0.1) is 11.7 Å². The summed E-state index contributed by atoms with van der Waals surface area (Å²) in [5.74, 6) is -0.213. The largest absolute Gasteiger partial charge is 0.335 e. The number of anilines is 1. The van der Waals surface area contributed by atoms with Gasteiger partial charge in [0.25, 0.3) is 15.9 Å². The smallest absolute Gasteiger partial charge is 0.271 e. The molecule has 2 aromatic carbocycles. The Morgan fingerprint density at radius 3 is 2.56 bits per heavy atom. The molecule has 4 aromatic rings. The fourth-order valence-electron chi connectivity index (χ4n) is 3.19. The number of rotatable bonds is 7. The van der Waals surface area contributed by atoms with E-state index < -0.39 is 10.0 Å². The van der Waals surface area contributed by atoms with E-state index in [2.05, 4.69) is 14.8 Å². The molecule has 32 heavy (non-hydrogen) atoms. The van der Waals surface area contributed by atoms with Crippen LogP contribution in [0.1, 0.15) is 28.9 Å². The summed E-state index contributed by atoms with van der Waals surface area (Å²) in [4.78, 5) is 18.7.